The predicted octanol–water partition coefficient (Wildman–Crippen LogP) is 3.14. The zero-order valence-electron chi connectivity index (χ0n) is 18.4. The fraction of sp³-hybridized carbons (Fsp3) is 0.360. The van der Waals surface area contributed by atoms with Crippen LogP contribution in [0.25, 0.3) is 5.57 Å². The number of benzene rings is 2. The minimum absolute atomic E-state index is 0.236. The summed E-state index contributed by atoms with van der Waals surface area (Å²) >= 11 is 0. The first-order valence-electron chi connectivity index (χ1n) is 10.8. The van der Waals surface area contributed by atoms with E-state index in [4.69, 9.17) is 4.74 Å². The van der Waals surface area contributed by atoms with Crippen molar-refractivity contribution in [2.75, 3.05) is 44.7 Å². The Morgan fingerprint density at radius 2 is 1.55 bits per heavy atom. The van der Waals surface area contributed by atoms with Crippen LogP contribution in [0.1, 0.15) is 22.3 Å². The van der Waals surface area contributed by atoms with E-state index in [-0.39, 0.29) is 11.8 Å². The van der Waals surface area contributed by atoms with Crippen molar-refractivity contribution in [3.05, 3.63) is 70.4 Å². The van der Waals surface area contributed by atoms with Gasteiger partial charge in [-0.25, -0.2) is 0 Å². The number of hydrogen-bond donors (Lipinski definition) is 1. The van der Waals surface area contributed by atoms with Gasteiger partial charge in [-0.15, -0.1) is 0 Å². The van der Waals surface area contributed by atoms with Crippen molar-refractivity contribution < 1.29 is 14.3 Å². The van der Waals surface area contributed by atoms with E-state index in [2.05, 4.69) is 10.2 Å². The molecule has 0 bridgehead atoms. The number of carbonyl (C=O) groups excluding carboxylic acids is 2. The Morgan fingerprint density at radius 1 is 0.871 bits per heavy atom. The smallest absolute Gasteiger partial charge is 0.278 e. The summed E-state index contributed by atoms with van der Waals surface area (Å²) in [5.74, 6) is -0.506. The van der Waals surface area contributed by atoms with E-state index in [1.54, 1.807) is 0 Å². The Morgan fingerprint density at radius 3 is 2.23 bits per heavy atom. The maximum absolute atomic E-state index is 13.4. The highest BCUT2D eigenvalue weighted by Gasteiger charge is 2.39. The van der Waals surface area contributed by atoms with Gasteiger partial charge in [0.15, 0.2) is 0 Å². The number of carbonyl (C=O) groups is 2. The summed E-state index contributed by atoms with van der Waals surface area (Å²) < 4.78 is 5.40. The van der Waals surface area contributed by atoms with Gasteiger partial charge in [-0.3, -0.25) is 19.4 Å². The summed E-state index contributed by atoms with van der Waals surface area (Å²) in [6.45, 7) is 10.1. The predicted molar refractivity (Wildman–Crippen MR) is 122 cm³/mol. The zero-order valence-corrected chi connectivity index (χ0v) is 18.4. The Kier molecular flexibility index (Phi) is 6.20. The third-order valence-corrected chi connectivity index (χ3v) is 5.88. The lowest BCUT2D eigenvalue weighted by Crippen LogP contribution is -2.43. The lowest BCUT2D eigenvalue weighted by Gasteiger charge is -2.28. The van der Waals surface area contributed by atoms with Gasteiger partial charge < -0.3 is 10.1 Å². The van der Waals surface area contributed by atoms with Crippen LogP contribution in [0.5, 0.6) is 0 Å². The summed E-state index contributed by atoms with van der Waals surface area (Å²) in [5.41, 5.74) is 5.62. The van der Waals surface area contributed by atoms with Crippen LogP contribution in [0.15, 0.2) is 48.2 Å². The molecule has 0 atom stereocenters. The zero-order chi connectivity index (χ0) is 22.0. The molecule has 31 heavy (non-hydrogen) atoms. The first-order valence-corrected chi connectivity index (χ1v) is 10.8. The van der Waals surface area contributed by atoms with E-state index >= 15 is 0 Å². The highest BCUT2D eigenvalue weighted by atomic mass is 16.5. The van der Waals surface area contributed by atoms with E-state index in [0.717, 1.165) is 41.0 Å². The number of amides is 2. The van der Waals surface area contributed by atoms with Crippen molar-refractivity contribution in [2.45, 2.75) is 20.8 Å². The second kappa shape index (κ2) is 9.04. The molecule has 4 rings (SSSR count). The Bertz CT molecular complexity index is 1020. The van der Waals surface area contributed by atoms with Crippen molar-refractivity contribution in [3.63, 3.8) is 0 Å². The van der Waals surface area contributed by atoms with Gasteiger partial charge in [0.2, 0.25) is 0 Å². The molecule has 162 valence electrons. The minimum Gasteiger partial charge on any atom is -0.379 e. The van der Waals surface area contributed by atoms with Gasteiger partial charge in [0.1, 0.15) is 5.70 Å². The summed E-state index contributed by atoms with van der Waals surface area (Å²) in [6.07, 6.45) is 0. The molecule has 6 nitrogen and oxygen atoms in total. The van der Waals surface area contributed by atoms with E-state index < -0.39 is 0 Å². The van der Waals surface area contributed by atoms with Gasteiger partial charge in [0, 0.05) is 31.9 Å². The molecule has 0 unspecified atom stereocenters. The van der Waals surface area contributed by atoms with E-state index in [0.29, 0.717) is 37.6 Å². The molecule has 1 N–H and O–H groups in total. The fourth-order valence-electron chi connectivity index (χ4n) is 4.09. The molecule has 2 aromatic rings. The maximum Gasteiger partial charge on any atom is 0.278 e. The van der Waals surface area contributed by atoms with Gasteiger partial charge in [0.05, 0.1) is 18.8 Å². The summed E-state index contributed by atoms with van der Waals surface area (Å²) in [7, 11) is 0. The third kappa shape index (κ3) is 4.55. The van der Waals surface area contributed by atoms with Crippen LogP contribution >= 0.6 is 0 Å². The lowest BCUT2D eigenvalue weighted by molar-refractivity contribution is -0.137. The average molecular weight is 420 g/mol. The monoisotopic (exact) mass is 419 g/mol. The van der Waals surface area contributed by atoms with Crippen molar-refractivity contribution in [1.29, 1.82) is 0 Å². The molecule has 1 saturated heterocycles. The SMILES string of the molecule is Cc1ccc(NC2=C(c3ccc(C)cc3C)C(=O)N(CCN3CCOCC3)C2=O)cc1. The number of ether oxygens (including phenoxy) is 1. The van der Waals surface area contributed by atoms with Crippen LogP contribution < -0.4 is 5.32 Å². The van der Waals surface area contributed by atoms with Gasteiger partial charge >= 0.3 is 0 Å². The second-order valence-corrected chi connectivity index (χ2v) is 8.28. The number of nitrogens with zero attached hydrogens (tertiary/aromatic N) is 2. The second-order valence-electron chi connectivity index (χ2n) is 8.28. The van der Waals surface area contributed by atoms with E-state index in [9.17, 15) is 9.59 Å². The fourth-order valence-corrected chi connectivity index (χ4v) is 4.09. The van der Waals surface area contributed by atoms with Crippen molar-refractivity contribution in [2.24, 2.45) is 0 Å². The number of imide groups is 1. The molecule has 0 radical (unpaired) electrons. The topological polar surface area (TPSA) is 61.9 Å². The van der Waals surface area contributed by atoms with Crippen LogP contribution in [0.4, 0.5) is 5.69 Å². The number of nitrogens with one attached hydrogen (secondary N) is 1. The normalized spacial score (nSPS) is 17.6. The molecule has 2 aliphatic heterocycles. The molecule has 1 fully saturated rings. The Labute approximate surface area is 183 Å². The Hall–Kier alpha value is -2.96. The van der Waals surface area contributed by atoms with Crippen LogP contribution in [0.3, 0.4) is 0 Å². The summed E-state index contributed by atoms with van der Waals surface area (Å²) in [4.78, 5) is 30.4. The molecule has 2 heterocycles. The standard InChI is InChI=1S/C25H29N3O3/c1-17-4-7-20(8-5-17)26-23-22(21-9-6-18(2)16-19(21)3)24(29)28(25(23)30)11-10-27-12-14-31-15-13-27/h4-9,16,26H,10-15H2,1-3H3. The van der Waals surface area contributed by atoms with Crippen LogP contribution in [-0.4, -0.2) is 61.0 Å². The molecular formula is C25H29N3O3. The van der Waals surface area contributed by atoms with Gasteiger partial charge in [0.25, 0.3) is 11.8 Å². The number of hydrogen-bond acceptors (Lipinski definition) is 5. The van der Waals surface area contributed by atoms with Crippen molar-refractivity contribution >= 4 is 23.1 Å². The van der Waals surface area contributed by atoms with Crippen molar-refractivity contribution in [3.8, 4) is 0 Å². The maximum atomic E-state index is 13.4. The highest BCUT2D eigenvalue weighted by molar-refractivity contribution is 6.36. The van der Waals surface area contributed by atoms with Crippen molar-refractivity contribution in [1.82, 2.24) is 9.80 Å². The minimum atomic E-state index is -0.270. The molecule has 0 aliphatic carbocycles. The number of morpholine rings is 1. The third-order valence-electron chi connectivity index (χ3n) is 5.88. The number of rotatable bonds is 6. The Balaban J connectivity index is 1.65. The number of anilines is 1. The average Bonchev–Trinajstić information content (AvgIpc) is 2.98. The lowest BCUT2D eigenvalue weighted by atomic mass is 9.97. The first kappa shape index (κ1) is 21.3. The van der Waals surface area contributed by atoms with Gasteiger partial charge in [-0.05, 0) is 44.0 Å². The highest BCUT2D eigenvalue weighted by Crippen LogP contribution is 2.32. The molecule has 0 spiro atoms. The van der Waals surface area contributed by atoms with Crippen LogP contribution in [-0.2, 0) is 14.3 Å². The summed E-state index contributed by atoms with van der Waals surface area (Å²) in [5, 5.41) is 3.24. The van der Waals surface area contributed by atoms with Crippen LogP contribution in [0.2, 0.25) is 0 Å². The molecule has 0 aromatic heterocycles. The first-order chi connectivity index (χ1) is 14.9. The van der Waals surface area contributed by atoms with E-state index in [1.165, 1.54) is 4.90 Å². The number of aryl methyl sites for hydroxylation is 3. The molecule has 2 aliphatic rings. The molecular weight excluding hydrogens is 390 g/mol. The van der Waals surface area contributed by atoms with Crippen LogP contribution in [0, 0.1) is 20.8 Å². The molecule has 2 aromatic carbocycles. The molecule has 2 amide bonds. The molecule has 6 heteroatoms. The largest absolute Gasteiger partial charge is 0.379 e. The van der Waals surface area contributed by atoms with Gasteiger partial charge in [-0.1, -0.05) is 41.5 Å². The quantitative estimate of drug-likeness (QED) is 0.729. The van der Waals surface area contributed by atoms with Gasteiger partial charge in [-0.2, -0.15) is 0 Å². The summed E-state index contributed by atoms with van der Waals surface area (Å²) in [6, 6.07) is 13.8. The van der Waals surface area contributed by atoms with E-state index in [1.807, 2.05) is 63.2 Å². The molecule has 0 saturated carbocycles.